The minimum atomic E-state index is -0.832. The van der Waals surface area contributed by atoms with Gasteiger partial charge < -0.3 is 28.7 Å². The van der Waals surface area contributed by atoms with Gasteiger partial charge in [-0.05, 0) is 73.0 Å². The van der Waals surface area contributed by atoms with Crippen LogP contribution < -0.4 is 35.5 Å². The number of ether oxygens (including phenoxy) is 5. The van der Waals surface area contributed by atoms with Crippen molar-refractivity contribution in [3.8, 4) is 23.0 Å². The maximum absolute atomic E-state index is 13.9. The van der Waals surface area contributed by atoms with Crippen molar-refractivity contribution in [2.24, 2.45) is 4.99 Å². The molecule has 0 amide bonds. The molecule has 1 atom stereocenters. The van der Waals surface area contributed by atoms with Crippen LogP contribution in [0.15, 0.2) is 81.7 Å². The zero-order valence-corrected chi connectivity index (χ0v) is 24.6. The number of fused-ring (bicyclic) bond motifs is 2. The van der Waals surface area contributed by atoms with E-state index in [1.54, 1.807) is 68.5 Å². The lowest BCUT2D eigenvalue weighted by molar-refractivity contribution is -0.384. The molecule has 13 heteroatoms. The Balaban J connectivity index is 1.35. The van der Waals surface area contributed by atoms with Gasteiger partial charge in [-0.15, -0.1) is 0 Å². The minimum Gasteiger partial charge on any atom is -0.493 e. The number of carbonyl (C=O) groups excluding carboxylic acids is 1. The summed E-state index contributed by atoms with van der Waals surface area (Å²) in [6.45, 7) is 3.82. The van der Waals surface area contributed by atoms with E-state index in [4.69, 9.17) is 23.7 Å². The second-order valence-corrected chi connectivity index (χ2v) is 10.2. The third-order valence-electron chi connectivity index (χ3n) is 7.37. The van der Waals surface area contributed by atoms with E-state index in [9.17, 15) is 19.7 Å². The third-order valence-corrected chi connectivity index (χ3v) is 7.37. The van der Waals surface area contributed by atoms with Crippen molar-refractivity contribution < 1.29 is 33.4 Å². The van der Waals surface area contributed by atoms with Crippen molar-refractivity contribution in [1.82, 2.24) is 9.55 Å². The Bertz CT molecular complexity index is 2030. The van der Waals surface area contributed by atoms with Crippen LogP contribution in [0.2, 0.25) is 0 Å². The number of nitro groups is 1. The molecule has 0 spiro atoms. The number of nitrogens with one attached hydrogen (secondary N) is 1. The van der Waals surface area contributed by atoms with E-state index in [2.05, 4.69) is 9.98 Å². The maximum Gasteiger partial charge on any atom is 0.338 e. The lowest BCUT2D eigenvalue weighted by atomic mass is 9.95. The predicted molar refractivity (Wildman–Crippen MR) is 160 cm³/mol. The van der Waals surface area contributed by atoms with E-state index in [0.717, 1.165) is 5.56 Å². The summed E-state index contributed by atoms with van der Waals surface area (Å²) in [5, 5.41) is 11.1. The van der Waals surface area contributed by atoms with Gasteiger partial charge in [-0.1, -0.05) is 12.1 Å². The molecule has 0 fully saturated rings. The van der Waals surface area contributed by atoms with Crippen LogP contribution in [0.3, 0.4) is 0 Å². The molecular formula is C32H28N4O9. The summed E-state index contributed by atoms with van der Waals surface area (Å²) in [6, 6.07) is 15.7. The van der Waals surface area contributed by atoms with Gasteiger partial charge >= 0.3 is 5.97 Å². The van der Waals surface area contributed by atoms with Crippen LogP contribution in [-0.2, 0) is 16.1 Å². The van der Waals surface area contributed by atoms with Crippen molar-refractivity contribution in [2.75, 3.05) is 20.5 Å². The Kier molecular flexibility index (Phi) is 7.82. The Hall–Kier alpha value is -5.85. The summed E-state index contributed by atoms with van der Waals surface area (Å²) in [5.41, 5.74) is 2.54. The highest BCUT2D eigenvalue weighted by Gasteiger charge is 2.34. The molecule has 230 valence electrons. The summed E-state index contributed by atoms with van der Waals surface area (Å²) in [4.78, 5) is 45.2. The summed E-state index contributed by atoms with van der Waals surface area (Å²) in [6.07, 6.45) is 1.65. The van der Waals surface area contributed by atoms with Crippen molar-refractivity contribution in [2.45, 2.75) is 26.5 Å². The quantitative estimate of drug-likeness (QED) is 0.170. The highest BCUT2D eigenvalue weighted by molar-refractivity contribution is 5.91. The van der Waals surface area contributed by atoms with Crippen LogP contribution in [0, 0.1) is 10.1 Å². The van der Waals surface area contributed by atoms with E-state index < -0.39 is 22.5 Å². The predicted octanol–water partition coefficient (Wildman–Crippen LogP) is 3.29. The molecule has 6 rings (SSSR count). The van der Waals surface area contributed by atoms with E-state index in [1.165, 1.54) is 23.8 Å². The summed E-state index contributed by atoms with van der Waals surface area (Å²) >= 11 is 0. The Morgan fingerprint density at radius 1 is 1.11 bits per heavy atom. The Labute approximate surface area is 255 Å². The largest absolute Gasteiger partial charge is 0.493 e. The normalized spacial score (nSPS) is 15.4. The van der Waals surface area contributed by atoms with Crippen LogP contribution in [0.1, 0.15) is 36.6 Å². The maximum atomic E-state index is 13.9. The molecule has 0 bridgehead atoms. The molecule has 1 aromatic heterocycles. The Morgan fingerprint density at radius 3 is 2.62 bits per heavy atom. The number of H-pyrrole nitrogens is 1. The Morgan fingerprint density at radius 2 is 1.89 bits per heavy atom. The van der Waals surface area contributed by atoms with Crippen LogP contribution in [0.5, 0.6) is 23.0 Å². The highest BCUT2D eigenvalue weighted by Crippen LogP contribution is 2.38. The first-order valence-corrected chi connectivity index (χ1v) is 14.0. The van der Waals surface area contributed by atoms with Crippen molar-refractivity contribution in [3.63, 3.8) is 0 Å². The van der Waals surface area contributed by atoms with Crippen molar-refractivity contribution in [3.05, 3.63) is 120 Å². The first-order chi connectivity index (χ1) is 21.8. The molecule has 0 aliphatic carbocycles. The lowest BCUT2D eigenvalue weighted by Gasteiger charge is -2.24. The van der Waals surface area contributed by atoms with Gasteiger partial charge in [0.1, 0.15) is 12.0 Å². The molecule has 1 unspecified atom stereocenters. The number of nitro benzene ring substituents is 1. The number of hydrogen-bond acceptors (Lipinski definition) is 10. The average molecular weight is 613 g/mol. The van der Waals surface area contributed by atoms with Gasteiger partial charge in [-0.3, -0.25) is 19.5 Å². The molecule has 2 aliphatic heterocycles. The number of non-ortho nitro benzene ring substituents is 1. The molecule has 3 heterocycles. The number of imidazole rings is 1. The number of allylic oxidation sites excluding steroid dienone is 1. The zero-order valence-electron chi connectivity index (χ0n) is 24.6. The van der Waals surface area contributed by atoms with Gasteiger partial charge in [0.2, 0.25) is 12.4 Å². The number of carbonyl (C=O) groups is 1. The minimum absolute atomic E-state index is 0.00352. The molecule has 4 aromatic rings. The number of rotatable bonds is 9. The number of benzene rings is 3. The topological polar surface area (TPSA) is 157 Å². The molecule has 0 saturated heterocycles. The zero-order chi connectivity index (χ0) is 31.7. The summed E-state index contributed by atoms with van der Waals surface area (Å²) < 4.78 is 29.2. The van der Waals surface area contributed by atoms with Crippen LogP contribution in [-0.4, -0.2) is 41.0 Å². The van der Waals surface area contributed by atoms with Gasteiger partial charge in [0.25, 0.3) is 11.2 Å². The fourth-order valence-electron chi connectivity index (χ4n) is 5.23. The number of hydrogen-bond donors (Lipinski definition) is 1. The lowest BCUT2D eigenvalue weighted by Crippen LogP contribution is -2.40. The fraction of sp³-hybridized carbons (Fsp3) is 0.219. The van der Waals surface area contributed by atoms with Gasteiger partial charge in [0, 0.05) is 12.1 Å². The van der Waals surface area contributed by atoms with Crippen LogP contribution >= 0.6 is 0 Å². The number of nitrogens with zero attached hydrogens (tertiary/aromatic N) is 3. The van der Waals surface area contributed by atoms with Gasteiger partial charge in [0.15, 0.2) is 23.0 Å². The third kappa shape index (κ3) is 5.62. The highest BCUT2D eigenvalue weighted by atomic mass is 16.7. The van der Waals surface area contributed by atoms with Gasteiger partial charge in [-0.25, -0.2) is 9.79 Å². The molecule has 1 N–H and O–H groups in total. The number of methoxy groups -OCH3 is 1. The fourth-order valence-corrected chi connectivity index (χ4v) is 5.23. The molecule has 2 aliphatic rings. The van der Waals surface area contributed by atoms with Crippen LogP contribution in [0.4, 0.5) is 5.69 Å². The summed E-state index contributed by atoms with van der Waals surface area (Å²) in [7, 11) is 1.50. The molecule has 0 radical (unpaired) electrons. The molecule has 13 nitrogen and oxygen atoms in total. The van der Waals surface area contributed by atoms with Gasteiger partial charge in [0.05, 0.1) is 36.0 Å². The van der Waals surface area contributed by atoms with E-state index in [1.807, 2.05) is 0 Å². The second kappa shape index (κ2) is 12.0. The standard InChI is InChI=1S/C32H28N4O9/c1-4-42-31(38)28-18(2)33-32-34-23(30(37)35(32)29(28)21-8-12-25-27(15-21)45-17-44-25)13-20-7-11-24(26(14-20)41-3)43-16-19-5-9-22(10-6-19)36(39)40/h5-15,29H,4,16-17H2,1-3H3,(H,33,34)/b23-13-. The number of aromatic amines is 1. The summed E-state index contributed by atoms with van der Waals surface area (Å²) in [5.74, 6) is 1.39. The average Bonchev–Trinajstić information content (AvgIpc) is 3.63. The van der Waals surface area contributed by atoms with Crippen molar-refractivity contribution in [1.29, 1.82) is 0 Å². The number of aromatic nitrogens is 2. The first-order valence-electron chi connectivity index (χ1n) is 14.0. The molecule has 0 saturated carbocycles. The molecule has 45 heavy (non-hydrogen) atoms. The number of esters is 1. The first kappa shape index (κ1) is 29.2. The SMILES string of the molecule is CCOC(=O)C1=C(C)N=c2[nH]/c(=C\c3ccc(OCc4ccc([N+](=O)[O-])cc4)c(OC)c3)c(=O)n2C1c1ccc2c(c1)OCO2. The van der Waals surface area contributed by atoms with Crippen molar-refractivity contribution >= 4 is 17.7 Å². The molecule has 3 aromatic carbocycles. The monoisotopic (exact) mass is 612 g/mol. The molecular weight excluding hydrogens is 584 g/mol. The van der Waals surface area contributed by atoms with Gasteiger partial charge in [-0.2, -0.15) is 0 Å². The smallest absolute Gasteiger partial charge is 0.338 e. The second-order valence-electron chi connectivity index (χ2n) is 10.2. The van der Waals surface area contributed by atoms with E-state index >= 15 is 0 Å². The van der Waals surface area contributed by atoms with E-state index in [0.29, 0.717) is 39.8 Å². The van der Waals surface area contributed by atoms with Crippen LogP contribution in [0.25, 0.3) is 6.08 Å². The van der Waals surface area contributed by atoms with E-state index in [-0.39, 0.29) is 42.2 Å².